The van der Waals surface area contributed by atoms with Crippen molar-refractivity contribution in [3.63, 3.8) is 0 Å². The van der Waals surface area contributed by atoms with E-state index in [4.69, 9.17) is 37.0 Å². The Labute approximate surface area is 607 Å². The van der Waals surface area contributed by atoms with Crippen molar-refractivity contribution in [1.29, 1.82) is 0 Å². The van der Waals surface area contributed by atoms with Crippen LogP contribution in [0.25, 0.3) is 0 Å². The Kier molecular flexibility index (Phi) is 67.8. The molecule has 5 atom stereocenters. The van der Waals surface area contributed by atoms with E-state index in [1.165, 1.54) is 212 Å². The van der Waals surface area contributed by atoms with Crippen molar-refractivity contribution in [3.8, 4) is 0 Å². The van der Waals surface area contributed by atoms with Crippen molar-refractivity contribution in [3.05, 3.63) is 0 Å². The van der Waals surface area contributed by atoms with Gasteiger partial charge in [-0.15, -0.1) is 0 Å². The van der Waals surface area contributed by atoms with Gasteiger partial charge >= 0.3 is 39.5 Å². The Hall–Kier alpha value is -1.94. The Bertz CT molecular complexity index is 1940. The molecule has 0 aliphatic rings. The normalized spacial score (nSPS) is 14.1. The lowest BCUT2D eigenvalue weighted by Crippen LogP contribution is -2.30. The number of phosphoric ester groups is 2. The highest BCUT2D eigenvalue weighted by Gasteiger charge is 2.30. The number of carbonyl (C=O) groups is 4. The number of phosphoric acid groups is 2. The minimum atomic E-state index is -4.96. The van der Waals surface area contributed by atoms with Gasteiger partial charge < -0.3 is 33.8 Å². The van der Waals surface area contributed by atoms with E-state index < -0.39 is 97.5 Å². The molecule has 0 spiro atoms. The van der Waals surface area contributed by atoms with Crippen LogP contribution < -0.4 is 0 Å². The van der Waals surface area contributed by atoms with Gasteiger partial charge in [-0.2, -0.15) is 0 Å². The summed E-state index contributed by atoms with van der Waals surface area (Å²) in [5.74, 6) is 0.963. The topological polar surface area (TPSA) is 237 Å². The number of ether oxygens (including phenoxy) is 4. The molecule has 0 rings (SSSR count). The van der Waals surface area contributed by atoms with Crippen LogP contribution in [0.5, 0.6) is 0 Å². The van der Waals surface area contributed by atoms with Crippen molar-refractivity contribution in [2.45, 2.75) is 427 Å². The second-order valence-corrected chi connectivity index (χ2v) is 33.6. The zero-order valence-electron chi connectivity index (χ0n) is 65.1. The molecular weight excluding hydrogens is 1290 g/mol. The third-order valence-corrected chi connectivity index (χ3v) is 20.5. The number of unbranched alkanes of at least 4 members (excludes halogenated alkanes) is 43. The molecule has 0 fully saturated rings. The smallest absolute Gasteiger partial charge is 0.462 e. The molecule has 0 saturated carbocycles. The summed E-state index contributed by atoms with van der Waals surface area (Å²) in [5, 5.41) is 10.6. The van der Waals surface area contributed by atoms with Crippen molar-refractivity contribution in [2.24, 2.45) is 23.7 Å². The number of rotatable bonds is 77. The summed E-state index contributed by atoms with van der Waals surface area (Å²) in [4.78, 5) is 73.0. The van der Waals surface area contributed by atoms with Gasteiger partial charge in [0.25, 0.3) is 0 Å². The first-order chi connectivity index (χ1) is 47.6. The zero-order valence-corrected chi connectivity index (χ0v) is 66.9. The van der Waals surface area contributed by atoms with Gasteiger partial charge in [-0.3, -0.25) is 37.3 Å². The van der Waals surface area contributed by atoms with Crippen LogP contribution >= 0.6 is 15.6 Å². The molecule has 3 N–H and O–H groups in total. The predicted octanol–water partition coefficient (Wildman–Crippen LogP) is 23.6. The van der Waals surface area contributed by atoms with Gasteiger partial charge in [0.1, 0.15) is 19.3 Å². The summed E-state index contributed by atoms with van der Waals surface area (Å²) in [7, 11) is -9.92. The van der Waals surface area contributed by atoms with Gasteiger partial charge in [0, 0.05) is 25.7 Å². The average molecular weight is 1450 g/mol. The van der Waals surface area contributed by atoms with Gasteiger partial charge in [0.05, 0.1) is 26.4 Å². The Balaban J connectivity index is 5.25. The van der Waals surface area contributed by atoms with Gasteiger partial charge in [0.15, 0.2) is 12.2 Å². The van der Waals surface area contributed by atoms with Crippen LogP contribution in [0, 0.1) is 23.7 Å². The van der Waals surface area contributed by atoms with E-state index in [0.717, 1.165) is 114 Å². The average Bonchev–Trinajstić information content (AvgIpc) is 0.943. The first-order valence-electron chi connectivity index (χ1n) is 41.2. The maximum absolute atomic E-state index is 13.1. The Morgan fingerprint density at radius 1 is 0.253 bits per heavy atom. The molecule has 0 aromatic carbocycles. The molecule has 0 aromatic rings. The molecule has 0 heterocycles. The fourth-order valence-corrected chi connectivity index (χ4v) is 13.8. The third kappa shape index (κ3) is 74.1. The molecule has 0 bridgehead atoms. The number of esters is 4. The first-order valence-corrected chi connectivity index (χ1v) is 44.2. The Morgan fingerprint density at radius 3 is 0.626 bits per heavy atom. The third-order valence-electron chi connectivity index (χ3n) is 18.6. The second kappa shape index (κ2) is 69.1. The van der Waals surface area contributed by atoms with E-state index in [-0.39, 0.29) is 25.7 Å². The van der Waals surface area contributed by atoms with Crippen LogP contribution in [0.1, 0.15) is 409 Å². The molecule has 0 saturated heterocycles. The lowest BCUT2D eigenvalue weighted by atomic mass is 10.0. The number of carbonyl (C=O) groups excluding carboxylic acids is 4. The summed E-state index contributed by atoms with van der Waals surface area (Å²) in [6.45, 7) is 14.2. The van der Waals surface area contributed by atoms with Crippen LogP contribution in [0.3, 0.4) is 0 Å². The zero-order chi connectivity index (χ0) is 73.1. The van der Waals surface area contributed by atoms with Crippen LogP contribution in [0.4, 0.5) is 0 Å². The molecule has 0 aliphatic carbocycles. The molecule has 0 amide bonds. The maximum atomic E-state index is 13.1. The molecule has 0 radical (unpaired) electrons. The molecule has 19 heteroatoms. The van der Waals surface area contributed by atoms with Crippen molar-refractivity contribution in [2.75, 3.05) is 39.6 Å². The largest absolute Gasteiger partial charge is 0.472 e. The van der Waals surface area contributed by atoms with Gasteiger partial charge in [-0.25, -0.2) is 9.13 Å². The second-order valence-electron chi connectivity index (χ2n) is 30.7. The van der Waals surface area contributed by atoms with Crippen LogP contribution in [0.2, 0.25) is 0 Å². The lowest BCUT2D eigenvalue weighted by molar-refractivity contribution is -0.161. The molecule has 17 nitrogen and oxygen atoms in total. The fraction of sp³-hybridized carbons (Fsp3) is 0.950. The van der Waals surface area contributed by atoms with E-state index in [0.29, 0.717) is 25.7 Å². The molecular formula is C80H156O17P2. The van der Waals surface area contributed by atoms with Crippen molar-refractivity contribution in [1.82, 2.24) is 0 Å². The van der Waals surface area contributed by atoms with E-state index in [1.54, 1.807) is 0 Å². The number of aliphatic hydroxyl groups is 1. The van der Waals surface area contributed by atoms with Crippen molar-refractivity contribution >= 4 is 39.5 Å². The number of hydrogen-bond donors (Lipinski definition) is 3. The molecule has 3 unspecified atom stereocenters. The highest BCUT2D eigenvalue weighted by molar-refractivity contribution is 7.47. The maximum Gasteiger partial charge on any atom is 0.472 e. The predicted molar refractivity (Wildman–Crippen MR) is 404 cm³/mol. The quantitative estimate of drug-likeness (QED) is 0.0222. The molecule has 0 aliphatic heterocycles. The summed E-state index contributed by atoms with van der Waals surface area (Å²) in [5.41, 5.74) is 0. The standard InChI is InChI=1S/C80H156O17P2/c1-70(2)56-48-40-32-24-18-14-11-9-10-12-16-21-28-38-46-54-62-79(84)96-75(66-90-77(82)60-52-44-36-27-20-17-13-15-19-25-33-41-49-57-71(3)4)68-94-98(86,87)92-64-74(81)65-93-99(88,89)95-69-76(67-91-78(83)61-53-45-37-31-30-35-43-51-59-73(7)8)97-80(85)63-55-47-39-29-23-22-26-34-42-50-58-72(5)6/h70-76,81H,9-69H2,1-8H3,(H,86,87)(H,88,89)/t74?,75-,76-/m1/s1. The van der Waals surface area contributed by atoms with E-state index in [2.05, 4.69) is 55.4 Å². The summed E-state index contributed by atoms with van der Waals surface area (Å²) >= 11 is 0. The minimum absolute atomic E-state index is 0.105. The van der Waals surface area contributed by atoms with E-state index in [1.807, 2.05) is 0 Å². The fourth-order valence-electron chi connectivity index (χ4n) is 12.3. The SMILES string of the molecule is CC(C)CCCCCCCCCCCCCCCCCCC(=O)O[C@H](COC(=O)CCCCCCCCCCCCCCCC(C)C)COP(=O)(O)OCC(O)COP(=O)(O)OC[C@@H](COC(=O)CCCCCCCCCCC(C)C)OC(=O)CCCCCCCCCCCCC(C)C. The molecule has 588 valence electrons. The number of aliphatic hydroxyl groups excluding tert-OH is 1. The summed E-state index contributed by atoms with van der Waals surface area (Å²) < 4.78 is 68.7. The molecule has 99 heavy (non-hydrogen) atoms. The lowest BCUT2D eigenvalue weighted by Gasteiger charge is -2.21. The van der Waals surface area contributed by atoms with Gasteiger partial charge in [-0.05, 0) is 49.4 Å². The number of hydrogen-bond acceptors (Lipinski definition) is 15. The van der Waals surface area contributed by atoms with Gasteiger partial charge in [0.2, 0.25) is 0 Å². The van der Waals surface area contributed by atoms with Crippen LogP contribution in [0.15, 0.2) is 0 Å². The van der Waals surface area contributed by atoms with Crippen LogP contribution in [-0.2, 0) is 65.4 Å². The minimum Gasteiger partial charge on any atom is -0.462 e. The Morgan fingerprint density at radius 2 is 0.424 bits per heavy atom. The summed E-state index contributed by atoms with van der Waals surface area (Å²) in [6, 6.07) is 0. The highest BCUT2D eigenvalue weighted by Crippen LogP contribution is 2.45. The van der Waals surface area contributed by atoms with E-state index >= 15 is 0 Å². The summed E-state index contributed by atoms with van der Waals surface area (Å²) in [6.07, 6.45) is 55.5. The first kappa shape index (κ1) is 97.1. The van der Waals surface area contributed by atoms with Crippen LogP contribution in [-0.4, -0.2) is 96.7 Å². The molecule has 0 aromatic heterocycles. The van der Waals surface area contributed by atoms with E-state index in [9.17, 15) is 43.2 Å². The van der Waals surface area contributed by atoms with Gasteiger partial charge in [-0.1, -0.05) is 357 Å². The highest BCUT2D eigenvalue weighted by atomic mass is 31.2. The monoisotopic (exact) mass is 1450 g/mol. The van der Waals surface area contributed by atoms with Crippen molar-refractivity contribution < 1.29 is 80.2 Å².